The average molecular weight is 147 g/mol. The first kappa shape index (κ1) is 7.47. The zero-order valence-electron chi connectivity index (χ0n) is 5.82. The molecule has 1 saturated heterocycles. The summed E-state index contributed by atoms with van der Waals surface area (Å²) in [6.45, 7) is 0.166. The average Bonchev–Trinajstić information content (AvgIpc) is 1.86. The molecule has 4 heteroatoms. The number of nitrogens with one attached hydrogen (secondary N) is 1. The monoisotopic (exact) mass is 147 g/mol. The van der Waals surface area contributed by atoms with Crippen LogP contribution in [0.1, 0.15) is 0 Å². The summed E-state index contributed by atoms with van der Waals surface area (Å²) in [7, 11) is 1.28. The van der Waals surface area contributed by atoms with Gasteiger partial charge in [0.1, 0.15) is 12.1 Å². The van der Waals surface area contributed by atoms with E-state index in [4.69, 9.17) is 0 Å². The molecule has 0 bridgehead atoms. The molecule has 58 valence electrons. The van der Waals surface area contributed by atoms with Crippen LogP contribution in [0.25, 0.3) is 0 Å². The molecule has 1 aliphatic rings. The molecule has 1 aliphatic heterocycles. The highest BCUT2D eigenvalue weighted by Gasteiger charge is 2.45. The van der Waals surface area contributed by atoms with Gasteiger partial charge in [-0.3, -0.25) is 4.79 Å². The molecule has 3 nitrogen and oxygen atoms in total. The van der Waals surface area contributed by atoms with Crippen molar-refractivity contribution in [2.24, 2.45) is 5.41 Å². The lowest BCUT2D eigenvalue weighted by Gasteiger charge is -2.36. The van der Waals surface area contributed by atoms with E-state index in [2.05, 4.69) is 10.1 Å². The molecule has 0 atom stereocenters. The molecule has 0 aromatic rings. The molecule has 0 aromatic heterocycles. The Labute approximate surface area is 58.5 Å². The van der Waals surface area contributed by atoms with Gasteiger partial charge >= 0.3 is 5.97 Å². The van der Waals surface area contributed by atoms with Gasteiger partial charge in [0.25, 0.3) is 0 Å². The molecule has 0 unspecified atom stereocenters. The van der Waals surface area contributed by atoms with Gasteiger partial charge in [-0.15, -0.1) is 0 Å². The SMILES string of the molecule is COC(=O)C1(CF)CNC1. The van der Waals surface area contributed by atoms with E-state index in [-0.39, 0.29) is 0 Å². The highest BCUT2D eigenvalue weighted by atomic mass is 19.1. The summed E-state index contributed by atoms with van der Waals surface area (Å²) < 4.78 is 16.6. The number of esters is 1. The summed E-state index contributed by atoms with van der Waals surface area (Å²) in [6.07, 6.45) is 0. The van der Waals surface area contributed by atoms with Crippen molar-refractivity contribution in [1.29, 1.82) is 0 Å². The molecule has 10 heavy (non-hydrogen) atoms. The summed E-state index contributed by atoms with van der Waals surface area (Å²) in [5.74, 6) is -0.450. The molecule has 1 N–H and O–H groups in total. The van der Waals surface area contributed by atoms with Crippen LogP contribution in [0.15, 0.2) is 0 Å². The number of rotatable bonds is 2. The molecule has 0 aromatic carbocycles. The van der Waals surface area contributed by atoms with Crippen molar-refractivity contribution in [2.45, 2.75) is 0 Å². The largest absolute Gasteiger partial charge is 0.468 e. The van der Waals surface area contributed by atoms with Gasteiger partial charge in [0, 0.05) is 13.1 Å². The van der Waals surface area contributed by atoms with E-state index < -0.39 is 18.1 Å². The number of hydrogen-bond acceptors (Lipinski definition) is 3. The maximum Gasteiger partial charge on any atom is 0.317 e. The zero-order chi connectivity index (χ0) is 7.61. The molecule has 0 amide bonds. The van der Waals surface area contributed by atoms with E-state index in [1.165, 1.54) is 7.11 Å². The van der Waals surface area contributed by atoms with Gasteiger partial charge in [0.2, 0.25) is 0 Å². The molecular formula is C6H10FNO2. The fraction of sp³-hybridized carbons (Fsp3) is 0.833. The van der Waals surface area contributed by atoms with Gasteiger partial charge in [-0.2, -0.15) is 0 Å². The first-order chi connectivity index (χ1) is 4.75. The molecule has 0 aliphatic carbocycles. The Bertz CT molecular complexity index is 139. The van der Waals surface area contributed by atoms with Gasteiger partial charge in [0.05, 0.1) is 7.11 Å². The van der Waals surface area contributed by atoms with Crippen LogP contribution in [0, 0.1) is 5.41 Å². The molecule has 1 heterocycles. The minimum atomic E-state index is -0.866. The van der Waals surface area contributed by atoms with Crippen molar-refractivity contribution >= 4 is 5.97 Å². The van der Waals surface area contributed by atoms with E-state index in [0.29, 0.717) is 13.1 Å². The summed E-state index contributed by atoms with van der Waals surface area (Å²) in [5.41, 5.74) is -0.866. The third kappa shape index (κ3) is 0.883. The van der Waals surface area contributed by atoms with Crippen molar-refractivity contribution in [3.8, 4) is 0 Å². The molecule has 0 saturated carbocycles. The number of alkyl halides is 1. The first-order valence-electron chi connectivity index (χ1n) is 3.10. The lowest BCUT2D eigenvalue weighted by molar-refractivity contribution is -0.157. The number of hydrogen-bond donors (Lipinski definition) is 1. The van der Waals surface area contributed by atoms with Crippen LogP contribution in [0.5, 0.6) is 0 Å². The van der Waals surface area contributed by atoms with E-state index in [9.17, 15) is 9.18 Å². The van der Waals surface area contributed by atoms with Crippen LogP contribution in [0.3, 0.4) is 0 Å². The number of ether oxygens (including phenoxy) is 1. The van der Waals surface area contributed by atoms with Crippen molar-refractivity contribution in [3.05, 3.63) is 0 Å². The maximum atomic E-state index is 12.2. The van der Waals surface area contributed by atoms with E-state index in [0.717, 1.165) is 0 Å². The fourth-order valence-electron chi connectivity index (χ4n) is 0.937. The fourth-order valence-corrected chi connectivity index (χ4v) is 0.937. The standard InChI is InChI=1S/C6H10FNO2/c1-10-5(9)6(2-7)3-8-4-6/h8H,2-4H2,1H3. The van der Waals surface area contributed by atoms with Gasteiger partial charge in [-0.1, -0.05) is 0 Å². The Morgan fingerprint density at radius 1 is 1.80 bits per heavy atom. The van der Waals surface area contributed by atoms with Crippen molar-refractivity contribution < 1.29 is 13.9 Å². The second-order valence-corrected chi connectivity index (χ2v) is 2.51. The quantitative estimate of drug-likeness (QED) is 0.546. The number of carbonyl (C=O) groups excluding carboxylic acids is 1. The second kappa shape index (κ2) is 2.54. The second-order valence-electron chi connectivity index (χ2n) is 2.51. The summed E-state index contributed by atoms with van der Waals surface area (Å²) in [6, 6.07) is 0. The zero-order valence-corrected chi connectivity index (χ0v) is 5.82. The summed E-state index contributed by atoms with van der Waals surface area (Å²) >= 11 is 0. The van der Waals surface area contributed by atoms with Crippen LogP contribution in [-0.4, -0.2) is 32.8 Å². The van der Waals surface area contributed by atoms with Crippen LogP contribution < -0.4 is 5.32 Å². The van der Waals surface area contributed by atoms with Crippen LogP contribution in [0.4, 0.5) is 4.39 Å². The highest BCUT2D eigenvalue weighted by Crippen LogP contribution is 2.24. The number of halogens is 1. The third-order valence-electron chi connectivity index (χ3n) is 1.80. The van der Waals surface area contributed by atoms with Gasteiger partial charge in [0.15, 0.2) is 0 Å². The highest BCUT2D eigenvalue weighted by molar-refractivity contribution is 5.78. The maximum absolute atomic E-state index is 12.2. The van der Waals surface area contributed by atoms with Gasteiger partial charge in [-0.25, -0.2) is 4.39 Å². The van der Waals surface area contributed by atoms with Crippen molar-refractivity contribution in [1.82, 2.24) is 5.32 Å². The normalized spacial score (nSPS) is 21.4. The predicted molar refractivity (Wildman–Crippen MR) is 33.3 cm³/mol. The minimum absolute atomic E-state index is 0.399. The summed E-state index contributed by atoms with van der Waals surface area (Å²) in [5, 5.41) is 2.83. The van der Waals surface area contributed by atoms with Crippen LogP contribution >= 0.6 is 0 Å². The van der Waals surface area contributed by atoms with E-state index in [1.807, 2.05) is 0 Å². The molecule has 1 fully saturated rings. The third-order valence-corrected chi connectivity index (χ3v) is 1.80. The lowest BCUT2D eigenvalue weighted by Crippen LogP contribution is -2.59. The molecule has 0 spiro atoms. The number of carbonyl (C=O) groups is 1. The Balaban J connectivity index is 2.55. The molecular weight excluding hydrogens is 137 g/mol. The Morgan fingerprint density at radius 2 is 2.40 bits per heavy atom. The predicted octanol–water partition coefficient (Wildman–Crippen LogP) is -0.282. The topological polar surface area (TPSA) is 38.3 Å². The van der Waals surface area contributed by atoms with Crippen LogP contribution in [0.2, 0.25) is 0 Å². The van der Waals surface area contributed by atoms with Crippen LogP contribution in [-0.2, 0) is 9.53 Å². The molecule has 1 rings (SSSR count). The number of methoxy groups -OCH3 is 1. The minimum Gasteiger partial charge on any atom is -0.468 e. The van der Waals surface area contributed by atoms with E-state index in [1.54, 1.807) is 0 Å². The summed E-state index contributed by atoms with van der Waals surface area (Å²) in [4.78, 5) is 10.8. The lowest BCUT2D eigenvalue weighted by atomic mass is 9.83. The van der Waals surface area contributed by atoms with Crippen molar-refractivity contribution in [3.63, 3.8) is 0 Å². The van der Waals surface area contributed by atoms with Gasteiger partial charge in [-0.05, 0) is 0 Å². The Hall–Kier alpha value is -0.640. The molecule has 0 radical (unpaired) electrons. The Morgan fingerprint density at radius 3 is 2.50 bits per heavy atom. The van der Waals surface area contributed by atoms with E-state index >= 15 is 0 Å². The van der Waals surface area contributed by atoms with Crippen molar-refractivity contribution in [2.75, 3.05) is 26.9 Å². The smallest absolute Gasteiger partial charge is 0.317 e. The Kier molecular flexibility index (Phi) is 1.89. The first-order valence-corrected chi connectivity index (χ1v) is 3.10. The van der Waals surface area contributed by atoms with Gasteiger partial charge < -0.3 is 10.1 Å².